The average Bonchev–Trinajstić information content (AvgIpc) is 2.47. The number of aliphatic hydroxyl groups excluding tert-OH is 2. The highest BCUT2D eigenvalue weighted by Crippen LogP contribution is 2.36. The lowest BCUT2D eigenvalue weighted by molar-refractivity contribution is -0.196. The molecule has 2 aliphatic heterocycles. The van der Waals surface area contributed by atoms with Crippen LogP contribution in [0.2, 0.25) is 0 Å². The van der Waals surface area contributed by atoms with Crippen molar-refractivity contribution in [1.82, 2.24) is 0 Å². The van der Waals surface area contributed by atoms with Crippen molar-refractivity contribution in [1.29, 1.82) is 0 Å². The van der Waals surface area contributed by atoms with E-state index in [4.69, 9.17) is 14.2 Å². The van der Waals surface area contributed by atoms with Crippen molar-refractivity contribution in [3.8, 4) is 0 Å². The molecule has 0 unspecified atom stereocenters. The number of rotatable bonds is 1. The first-order valence-electron chi connectivity index (χ1n) is 5.24. The third-order valence-electron chi connectivity index (χ3n) is 2.77. The van der Waals surface area contributed by atoms with Crippen molar-refractivity contribution < 1.29 is 29.2 Å². The van der Waals surface area contributed by atoms with E-state index < -0.39 is 42.3 Å². The fourth-order valence-electron chi connectivity index (χ4n) is 2.09. The Hall–Kier alpha value is -0.690. The Balaban J connectivity index is 2.25. The number of hydrogen-bond donors (Lipinski definition) is 2. The standard InChI is InChI=1S/C10H16O6/c1-4(11)6-8-7(5(12)9(13)14-6)15-10(2,3)16-8/h4-8,11-12H,1-3H3/t4-,5+,6-,7-,8+/m0/s1. The van der Waals surface area contributed by atoms with Gasteiger partial charge in [-0.1, -0.05) is 0 Å². The van der Waals surface area contributed by atoms with E-state index in [-0.39, 0.29) is 0 Å². The Labute approximate surface area is 93.1 Å². The molecule has 2 saturated heterocycles. The van der Waals surface area contributed by atoms with Gasteiger partial charge in [-0.3, -0.25) is 0 Å². The van der Waals surface area contributed by atoms with Crippen LogP contribution in [0, 0.1) is 0 Å². The van der Waals surface area contributed by atoms with Gasteiger partial charge in [0.15, 0.2) is 18.0 Å². The van der Waals surface area contributed by atoms with Gasteiger partial charge < -0.3 is 24.4 Å². The van der Waals surface area contributed by atoms with E-state index in [1.165, 1.54) is 6.92 Å². The molecule has 2 rings (SSSR count). The smallest absolute Gasteiger partial charge is 0.338 e. The van der Waals surface area contributed by atoms with Crippen LogP contribution in [0.4, 0.5) is 0 Å². The van der Waals surface area contributed by atoms with E-state index in [0.717, 1.165) is 0 Å². The van der Waals surface area contributed by atoms with E-state index in [2.05, 4.69) is 0 Å². The Morgan fingerprint density at radius 1 is 1.31 bits per heavy atom. The van der Waals surface area contributed by atoms with Gasteiger partial charge in [0, 0.05) is 0 Å². The monoisotopic (exact) mass is 232 g/mol. The second-order valence-corrected chi connectivity index (χ2v) is 4.65. The van der Waals surface area contributed by atoms with Gasteiger partial charge in [0.1, 0.15) is 12.2 Å². The maximum absolute atomic E-state index is 11.3. The molecule has 2 aliphatic rings. The summed E-state index contributed by atoms with van der Waals surface area (Å²) in [4.78, 5) is 11.3. The van der Waals surface area contributed by atoms with E-state index in [1.807, 2.05) is 0 Å². The molecule has 5 atom stereocenters. The molecule has 0 aliphatic carbocycles. The van der Waals surface area contributed by atoms with Gasteiger partial charge in [-0.05, 0) is 20.8 Å². The van der Waals surface area contributed by atoms with Crippen LogP contribution in [-0.2, 0) is 19.0 Å². The molecule has 2 fully saturated rings. The number of aliphatic hydroxyl groups is 2. The molecule has 6 nitrogen and oxygen atoms in total. The summed E-state index contributed by atoms with van der Waals surface area (Å²) < 4.78 is 15.9. The third kappa shape index (κ3) is 1.82. The van der Waals surface area contributed by atoms with Crippen molar-refractivity contribution in [2.75, 3.05) is 0 Å². The molecule has 0 aromatic carbocycles. The molecular formula is C10H16O6. The van der Waals surface area contributed by atoms with E-state index in [1.54, 1.807) is 13.8 Å². The van der Waals surface area contributed by atoms with Gasteiger partial charge in [-0.15, -0.1) is 0 Å². The maximum Gasteiger partial charge on any atom is 0.338 e. The van der Waals surface area contributed by atoms with Crippen molar-refractivity contribution in [2.45, 2.75) is 57.1 Å². The number of carbonyl (C=O) groups excluding carboxylic acids is 1. The maximum atomic E-state index is 11.3. The predicted molar refractivity (Wildman–Crippen MR) is 51.4 cm³/mol. The predicted octanol–water partition coefficient (Wildman–Crippen LogP) is -0.826. The summed E-state index contributed by atoms with van der Waals surface area (Å²) in [6, 6.07) is 0. The summed E-state index contributed by atoms with van der Waals surface area (Å²) in [5.41, 5.74) is 0. The van der Waals surface area contributed by atoms with Crippen molar-refractivity contribution in [3.63, 3.8) is 0 Å². The fraction of sp³-hybridized carbons (Fsp3) is 0.900. The second kappa shape index (κ2) is 3.66. The zero-order valence-electron chi connectivity index (χ0n) is 9.41. The highest BCUT2D eigenvalue weighted by atomic mass is 16.8. The molecule has 0 bridgehead atoms. The van der Waals surface area contributed by atoms with Crippen LogP contribution in [0.25, 0.3) is 0 Å². The first kappa shape index (κ1) is 11.8. The summed E-state index contributed by atoms with van der Waals surface area (Å²) in [6.45, 7) is 4.87. The van der Waals surface area contributed by atoms with E-state index >= 15 is 0 Å². The minimum Gasteiger partial charge on any atom is -0.455 e. The van der Waals surface area contributed by atoms with Gasteiger partial charge in [-0.25, -0.2) is 4.79 Å². The molecule has 0 aromatic rings. The van der Waals surface area contributed by atoms with E-state index in [9.17, 15) is 15.0 Å². The minimum absolute atomic E-state index is 0.636. The summed E-state index contributed by atoms with van der Waals surface area (Å²) >= 11 is 0. The number of fused-ring (bicyclic) bond motifs is 1. The summed E-state index contributed by atoms with van der Waals surface area (Å²) in [7, 11) is 0. The van der Waals surface area contributed by atoms with Gasteiger partial charge >= 0.3 is 5.97 Å². The van der Waals surface area contributed by atoms with Crippen molar-refractivity contribution in [3.05, 3.63) is 0 Å². The van der Waals surface area contributed by atoms with Crippen LogP contribution >= 0.6 is 0 Å². The van der Waals surface area contributed by atoms with Gasteiger partial charge in [0.05, 0.1) is 6.10 Å². The lowest BCUT2D eigenvalue weighted by Gasteiger charge is -2.34. The van der Waals surface area contributed by atoms with Crippen LogP contribution in [0.1, 0.15) is 20.8 Å². The Morgan fingerprint density at radius 3 is 2.44 bits per heavy atom. The summed E-state index contributed by atoms with van der Waals surface area (Å²) in [6.07, 6.45) is -4.45. The molecule has 2 heterocycles. The van der Waals surface area contributed by atoms with Gasteiger partial charge in [0.2, 0.25) is 0 Å². The molecule has 0 radical (unpaired) electrons. The van der Waals surface area contributed by atoms with Crippen LogP contribution < -0.4 is 0 Å². The average molecular weight is 232 g/mol. The molecule has 16 heavy (non-hydrogen) atoms. The number of hydrogen-bond acceptors (Lipinski definition) is 6. The topological polar surface area (TPSA) is 85.2 Å². The fourth-order valence-corrected chi connectivity index (χ4v) is 2.09. The molecule has 2 N–H and O–H groups in total. The largest absolute Gasteiger partial charge is 0.455 e. The normalized spacial score (nSPS) is 43.7. The molecule has 92 valence electrons. The molecule has 0 saturated carbocycles. The number of esters is 1. The summed E-state index contributed by atoms with van der Waals surface area (Å²) in [5.74, 6) is -1.68. The first-order chi connectivity index (χ1) is 7.32. The lowest BCUT2D eigenvalue weighted by atomic mass is 9.97. The van der Waals surface area contributed by atoms with Crippen molar-refractivity contribution in [2.24, 2.45) is 0 Å². The van der Waals surface area contributed by atoms with Crippen molar-refractivity contribution >= 4 is 5.97 Å². The second-order valence-electron chi connectivity index (χ2n) is 4.65. The summed E-state index contributed by atoms with van der Waals surface area (Å²) in [5, 5.41) is 19.1. The number of ether oxygens (including phenoxy) is 3. The zero-order chi connectivity index (χ0) is 12.1. The SMILES string of the molecule is C[C@H](O)[C@@H]1OC(=O)[C@H](O)[C@@H]2OC(C)(C)O[C@H]12. The molecule has 0 aromatic heterocycles. The molecule has 0 spiro atoms. The van der Waals surface area contributed by atoms with Crippen LogP contribution in [-0.4, -0.2) is 52.5 Å². The van der Waals surface area contributed by atoms with Gasteiger partial charge in [-0.2, -0.15) is 0 Å². The lowest BCUT2D eigenvalue weighted by Crippen LogP contribution is -2.57. The highest BCUT2D eigenvalue weighted by molar-refractivity contribution is 5.76. The van der Waals surface area contributed by atoms with Crippen LogP contribution in [0.5, 0.6) is 0 Å². The number of carbonyl (C=O) groups is 1. The Morgan fingerprint density at radius 2 is 1.88 bits per heavy atom. The zero-order valence-corrected chi connectivity index (χ0v) is 9.41. The van der Waals surface area contributed by atoms with Crippen LogP contribution in [0.3, 0.4) is 0 Å². The molecular weight excluding hydrogens is 216 g/mol. The van der Waals surface area contributed by atoms with Crippen LogP contribution in [0.15, 0.2) is 0 Å². The highest BCUT2D eigenvalue weighted by Gasteiger charge is 2.56. The Bertz CT molecular complexity index is 300. The van der Waals surface area contributed by atoms with E-state index in [0.29, 0.717) is 0 Å². The molecule has 0 amide bonds. The number of cyclic esters (lactones) is 1. The third-order valence-corrected chi connectivity index (χ3v) is 2.77. The van der Waals surface area contributed by atoms with Gasteiger partial charge in [0.25, 0.3) is 0 Å². The quantitative estimate of drug-likeness (QED) is 0.574. The first-order valence-corrected chi connectivity index (χ1v) is 5.24. The minimum atomic E-state index is -1.36. The molecule has 6 heteroatoms. The Kier molecular flexibility index (Phi) is 2.70.